The molecule has 24 heavy (non-hydrogen) atoms. The predicted molar refractivity (Wildman–Crippen MR) is 93.0 cm³/mol. The number of amides is 1. The maximum Gasteiger partial charge on any atom is 0.311 e. The quantitative estimate of drug-likeness (QED) is 0.260. The van der Waals surface area contributed by atoms with Crippen LogP contribution in [0.3, 0.4) is 0 Å². The summed E-state index contributed by atoms with van der Waals surface area (Å²) in [6.07, 6.45) is 3.73. The summed E-state index contributed by atoms with van der Waals surface area (Å²) in [4.78, 5) is 23.5. The van der Waals surface area contributed by atoms with E-state index in [0.717, 1.165) is 12.8 Å². The third kappa shape index (κ3) is 7.10. The molecule has 0 aliphatic carbocycles. The molecule has 0 aliphatic rings. The summed E-state index contributed by atoms with van der Waals surface area (Å²) >= 11 is 0. The van der Waals surface area contributed by atoms with Gasteiger partial charge in [0.1, 0.15) is 17.4 Å². The van der Waals surface area contributed by atoms with E-state index in [1.54, 1.807) is 24.3 Å². The number of benzene rings is 1. The minimum atomic E-state index is -0.376. The van der Waals surface area contributed by atoms with Gasteiger partial charge in [-0.15, -0.1) is 0 Å². The van der Waals surface area contributed by atoms with Crippen molar-refractivity contribution in [1.82, 2.24) is 5.32 Å². The van der Waals surface area contributed by atoms with Gasteiger partial charge in [0.25, 0.3) is 5.91 Å². The van der Waals surface area contributed by atoms with Crippen LogP contribution in [0.5, 0.6) is 5.75 Å². The largest absolute Gasteiger partial charge is 0.427 e. The number of rotatable bonds is 8. The summed E-state index contributed by atoms with van der Waals surface area (Å²) in [5.41, 5.74) is 0.747. The number of unbranched alkanes of at least 4 members (excludes halogenated alkanes) is 1. The molecule has 128 valence electrons. The highest BCUT2D eigenvalue weighted by molar-refractivity contribution is 6.01. The van der Waals surface area contributed by atoms with Gasteiger partial charge in [0.05, 0.1) is 0 Å². The molecule has 0 bridgehead atoms. The molecule has 1 aromatic rings. The number of carbonyl (C=O) groups excluding carboxylic acids is 2. The molecule has 1 N–H and O–H groups in total. The van der Waals surface area contributed by atoms with Crippen molar-refractivity contribution in [2.45, 2.75) is 40.0 Å². The third-order valence-electron chi connectivity index (χ3n) is 3.18. The number of nitrogens with zero attached hydrogens (tertiary/aromatic N) is 1. The Bertz CT molecular complexity index is 625. The molecule has 0 saturated heterocycles. The van der Waals surface area contributed by atoms with Crippen LogP contribution >= 0.6 is 0 Å². The average Bonchev–Trinajstić information content (AvgIpc) is 2.53. The maximum atomic E-state index is 11.9. The normalized spacial score (nSPS) is 11.0. The van der Waals surface area contributed by atoms with Crippen LogP contribution in [0.15, 0.2) is 29.8 Å². The minimum absolute atomic E-state index is 0.0515. The molecule has 0 spiro atoms. The Morgan fingerprint density at radius 3 is 2.50 bits per heavy atom. The molecule has 0 heterocycles. The Morgan fingerprint density at radius 2 is 1.96 bits per heavy atom. The number of nitrogens with one attached hydrogen (secondary N) is 1. The summed E-state index contributed by atoms with van der Waals surface area (Å²) in [7, 11) is 0. The number of hydrogen-bond donors (Lipinski definition) is 1. The van der Waals surface area contributed by atoms with Gasteiger partial charge in [-0.2, -0.15) is 5.26 Å². The van der Waals surface area contributed by atoms with Crippen molar-refractivity contribution in [1.29, 1.82) is 5.26 Å². The smallest absolute Gasteiger partial charge is 0.311 e. The molecular formula is C19H24N2O3. The molecule has 0 aromatic heterocycles. The monoisotopic (exact) mass is 328 g/mol. The fourth-order valence-electron chi connectivity index (χ4n) is 1.93. The van der Waals surface area contributed by atoms with Gasteiger partial charge in [0.2, 0.25) is 0 Å². The van der Waals surface area contributed by atoms with Crippen LogP contribution in [-0.2, 0) is 9.59 Å². The van der Waals surface area contributed by atoms with Crippen LogP contribution in [0.4, 0.5) is 0 Å². The Hall–Kier alpha value is -2.61. The van der Waals surface area contributed by atoms with Gasteiger partial charge in [-0.25, -0.2) is 0 Å². The Labute approximate surface area is 143 Å². The highest BCUT2D eigenvalue weighted by Gasteiger charge is 2.09. The number of esters is 1. The van der Waals surface area contributed by atoms with Gasteiger partial charge >= 0.3 is 5.97 Å². The van der Waals surface area contributed by atoms with Crippen molar-refractivity contribution in [2.24, 2.45) is 5.92 Å². The average molecular weight is 328 g/mol. The molecule has 0 radical (unpaired) electrons. The van der Waals surface area contributed by atoms with Crippen LogP contribution in [0, 0.1) is 17.2 Å². The molecule has 5 nitrogen and oxygen atoms in total. The first-order valence-corrected chi connectivity index (χ1v) is 8.17. The molecule has 0 unspecified atom stereocenters. The molecule has 0 aliphatic heterocycles. The van der Waals surface area contributed by atoms with E-state index in [1.807, 2.05) is 26.8 Å². The summed E-state index contributed by atoms with van der Waals surface area (Å²) in [6, 6.07) is 8.61. The second-order valence-corrected chi connectivity index (χ2v) is 5.92. The zero-order valence-corrected chi connectivity index (χ0v) is 14.5. The fraction of sp³-hybridized carbons (Fsp3) is 0.421. The lowest BCUT2D eigenvalue weighted by atomic mass is 10.1. The van der Waals surface area contributed by atoms with Gasteiger partial charge < -0.3 is 10.1 Å². The lowest BCUT2D eigenvalue weighted by molar-refractivity contribution is -0.135. The number of hydrogen-bond acceptors (Lipinski definition) is 4. The van der Waals surface area contributed by atoms with Crippen molar-refractivity contribution in [3.63, 3.8) is 0 Å². The van der Waals surface area contributed by atoms with E-state index >= 15 is 0 Å². The van der Waals surface area contributed by atoms with Gasteiger partial charge in [0.15, 0.2) is 0 Å². The Balaban J connectivity index is 2.71. The van der Waals surface area contributed by atoms with E-state index in [2.05, 4.69) is 5.32 Å². The number of nitriles is 1. The van der Waals surface area contributed by atoms with Gasteiger partial charge in [-0.3, -0.25) is 9.59 Å². The van der Waals surface area contributed by atoms with E-state index < -0.39 is 0 Å². The first kappa shape index (κ1) is 19.4. The van der Waals surface area contributed by atoms with Gasteiger partial charge in [-0.05, 0) is 36.1 Å². The van der Waals surface area contributed by atoms with E-state index in [-0.39, 0.29) is 23.4 Å². The molecule has 1 amide bonds. The van der Waals surface area contributed by atoms with Crippen LogP contribution < -0.4 is 10.1 Å². The molecule has 0 atom stereocenters. The molecule has 5 heteroatoms. The topological polar surface area (TPSA) is 79.2 Å². The second-order valence-electron chi connectivity index (χ2n) is 5.92. The Morgan fingerprint density at radius 1 is 1.29 bits per heavy atom. The van der Waals surface area contributed by atoms with Crippen LogP contribution in [-0.4, -0.2) is 18.4 Å². The number of ether oxygens (including phenoxy) is 1. The van der Waals surface area contributed by atoms with E-state index in [1.165, 1.54) is 6.08 Å². The van der Waals surface area contributed by atoms with Crippen molar-refractivity contribution >= 4 is 18.0 Å². The Kier molecular flexibility index (Phi) is 8.28. The minimum Gasteiger partial charge on any atom is -0.427 e. The van der Waals surface area contributed by atoms with Crippen molar-refractivity contribution < 1.29 is 14.3 Å². The highest BCUT2D eigenvalue weighted by atomic mass is 16.5. The maximum absolute atomic E-state index is 11.9. The first-order chi connectivity index (χ1) is 11.5. The zero-order chi connectivity index (χ0) is 17.9. The standard InChI is InChI=1S/C19H24N2O3/c1-4-5-10-21-19(23)16(13-20)12-15-6-8-17(9-7-15)24-18(22)11-14(2)3/h6-9,12,14H,4-5,10-11H2,1-3H3,(H,21,23)/b16-12+. The van der Waals surface area contributed by atoms with E-state index in [9.17, 15) is 9.59 Å². The second kappa shape index (κ2) is 10.2. The highest BCUT2D eigenvalue weighted by Crippen LogP contribution is 2.16. The molecule has 0 saturated carbocycles. The summed E-state index contributed by atoms with van der Waals surface area (Å²) in [5.74, 6) is 0.0347. The van der Waals surface area contributed by atoms with Crippen LogP contribution in [0.2, 0.25) is 0 Å². The van der Waals surface area contributed by atoms with Gasteiger partial charge in [0, 0.05) is 13.0 Å². The lowest BCUT2D eigenvalue weighted by Gasteiger charge is -2.06. The van der Waals surface area contributed by atoms with Crippen LogP contribution in [0.1, 0.15) is 45.6 Å². The lowest BCUT2D eigenvalue weighted by Crippen LogP contribution is -2.25. The first-order valence-electron chi connectivity index (χ1n) is 8.17. The van der Waals surface area contributed by atoms with Crippen LogP contribution in [0.25, 0.3) is 6.08 Å². The third-order valence-corrected chi connectivity index (χ3v) is 3.18. The molecule has 1 aromatic carbocycles. The molecular weight excluding hydrogens is 304 g/mol. The van der Waals surface area contributed by atoms with E-state index in [0.29, 0.717) is 24.3 Å². The SMILES string of the molecule is CCCCNC(=O)/C(C#N)=C/c1ccc(OC(=O)CC(C)C)cc1. The van der Waals surface area contributed by atoms with Crippen molar-refractivity contribution in [3.8, 4) is 11.8 Å². The van der Waals surface area contributed by atoms with Crippen molar-refractivity contribution in [2.75, 3.05) is 6.54 Å². The van der Waals surface area contributed by atoms with Gasteiger partial charge in [-0.1, -0.05) is 39.3 Å². The predicted octanol–water partition coefficient (Wildman–Crippen LogP) is 3.46. The van der Waals surface area contributed by atoms with Crippen molar-refractivity contribution in [3.05, 3.63) is 35.4 Å². The number of carbonyl (C=O) groups is 2. The molecule has 0 fully saturated rings. The fourth-order valence-corrected chi connectivity index (χ4v) is 1.93. The zero-order valence-electron chi connectivity index (χ0n) is 14.5. The summed E-state index contributed by atoms with van der Waals surface area (Å²) in [5, 5.41) is 11.8. The summed E-state index contributed by atoms with van der Waals surface area (Å²) < 4.78 is 5.22. The molecule has 1 rings (SSSR count). The van der Waals surface area contributed by atoms with E-state index in [4.69, 9.17) is 10.00 Å². The summed E-state index contributed by atoms with van der Waals surface area (Å²) in [6.45, 7) is 6.48.